The molecular formula is C15H24O3. The van der Waals surface area contributed by atoms with Gasteiger partial charge >= 0.3 is 0 Å². The van der Waals surface area contributed by atoms with Crippen molar-refractivity contribution in [2.24, 2.45) is 11.8 Å². The summed E-state index contributed by atoms with van der Waals surface area (Å²) in [5, 5.41) is 0. The number of rotatable bonds is 4. The van der Waals surface area contributed by atoms with Crippen LogP contribution in [0.2, 0.25) is 0 Å². The standard InChI is InChI=1S/C15H24O3/c1-10(2)5-6-17-12(4)13-7-14(16)11(3)8-15(13)9-18-15/h5,11-13H,6-9H2,1-4H3/t11-,12?,13?,15?/m1/s1. The summed E-state index contributed by atoms with van der Waals surface area (Å²) < 4.78 is 11.5. The zero-order chi connectivity index (χ0) is 13.3. The van der Waals surface area contributed by atoms with Crippen LogP contribution in [0.25, 0.3) is 0 Å². The smallest absolute Gasteiger partial charge is 0.136 e. The molecule has 0 radical (unpaired) electrons. The molecule has 0 aromatic heterocycles. The second-order valence-electron chi connectivity index (χ2n) is 6.06. The van der Waals surface area contributed by atoms with Crippen LogP contribution in [0.3, 0.4) is 0 Å². The molecule has 2 aliphatic rings. The van der Waals surface area contributed by atoms with Gasteiger partial charge in [-0.3, -0.25) is 4.79 Å². The highest BCUT2D eigenvalue weighted by atomic mass is 16.6. The number of epoxide rings is 1. The molecule has 1 spiro atoms. The van der Waals surface area contributed by atoms with Crippen molar-refractivity contribution in [1.82, 2.24) is 0 Å². The fourth-order valence-electron chi connectivity index (χ4n) is 2.89. The van der Waals surface area contributed by atoms with Crippen molar-refractivity contribution in [1.29, 1.82) is 0 Å². The van der Waals surface area contributed by atoms with Crippen molar-refractivity contribution in [2.75, 3.05) is 13.2 Å². The van der Waals surface area contributed by atoms with Gasteiger partial charge in [0.15, 0.2) is 0 Å². The van der Waals surface area contributed by atoms with Crippen LogP contribution in [0.4, 0.5) is 0 Å². The molecule has 3 nitrogen and oxygen atoms in total. The zero-order valence-electron chi connectivity index (χ0n) is 11.9. The predicted molar refractivity (Wildman–Crippen MR) is 70.4 cm³/mol. The third kappa shape index (κ3) is 2.83. The summed E-state index contributed by atoms with van der Waals surface area (Å²) in [5.74, 6) is 0.735. The first-order valence-electron chi connectivity index (χ1n) is 6.86. The maximum atomic E-state index is 11.9. The Bertz CT molecular complexity index is 351. The highest BCUT2D eigenvalue weighted by Crippen LogP contribution is 2.48. The normalized spacial score (nSPS) is 36.6. The summed E-state index contributed by atoms with van der Waals surface area (Å²) in [7, 11) is 0. The van der Waals surface area contributed by atoms with Gasteiger partial charge in [0.25, 0.3) is 0 Å². The number of hydrogen-bond donors (Lipinski definition) is 0. The molecule has 0 bridgehead atoms. The predicted octanol–water partition coefficient (Wildman–Crippen LogP) is 2.74. The van der Waals surface area contributed by atoms with Gasteiger partial charge in [0, 0.05) is 18.3 Å². The van der Waals surface area contributed by atoms with Crippen molar-refractivity contribution in [2.45, 2.75) is 52.2 Å². The van der Waals surface area contributed by atoms with Crippen molar-refractivity contribution in [3.63, 3.8) is 0 Å². The van der Waals surface area contributed by atoms with E-state index in [-0.39, 0.29) is 23.5 Å². The Morgan fingerprint density at radius 1 is 1.61 bits per heavy atom. The van der Waals surface area contributed by atoms with Gasteiger partial charge in [-0.05, 0) is 27.2 Å². The monoisotopic (exact) mass is 252 g/mol. The third-order valence-corrected chi connectivity index (χ3v) is 4.23. The minimum Gasteiger partial charge on any atom is -0.374 e. The summed E-state index contributed by atoms with van der Waals surface area (Å²) in [6, 6.07) is 0. The summed E-state index contributed by atoms with van der Waals surface area (Å²) in [6.07, 6.45) is 3.63. The molecule has 1 aliphatic heterocycles. The van der Waals surface area contributed by atoms with Crippen molar-refractivity contribution >= 4 is 5.78 Å². The molecule has 0 aromatic carbocycles. The van der Waals surface area contributed by atoms with Crippen LogP contribution < -0.4 is 0 Å². The van der Waals surface area contributed by atoms with Gasteiger partial charge in [0.1, 0.15) is 5.78 Å². The Morgan fingerprint density at radius 2 is 2.28 bits per heavy atom. The number of carbonyl (C=O) groups excluding carboxylic acids is 1. The van der Waals surface area contributed by atoms with Crippen LogP contribution in [0.1, 0.15) is 40.5 Å². The van der Waals surface area contributed by atoms with Crippen LogP contribution in [0.5, 0.6) is 0 Å². The van der Waals surface area contributed by atoms with Gasteiger partial charge in [-0.15, -0.1) is 0 Å². The summed E-state index contributed by atoms with van der Waals surface area (Å²) in [5.41, 5.74) is 1.20. The van der Waals surface area contributed by atoms with E-state index in [9.17, 15) is 4.79 Å². The molecule has 102 valence electrons. The van der Waals surface area contributed by atoms with Gasteiger partial charge in [0.2, 0.25) is 0 Å². The average molecular weight is 252 g/mol. The topological polar surface area (TPSA) is 38.8 Å². The van der Waals surface area contributed by atoms with Gasteiger partial charge in [0.05, 0.1) is 24.9 Å². The van der Waals surface area contributed by atoms with Crippen molar-refractivity contribution in [3.8, 4) is 0 Å². The fourth-order valence-corrected chi connectivity index (χ4v) is 2.89. The van der Waals surface area contributed by atoms with E-state index in [0.717, 1.165) is 13.0 Å². The number of hydrogen-bond acceptors (Lipinski definition) is 3. The molecule has 2 fully saturated rings. The Balaban J connectivity index is 1.94. The lowest BCUT2D eigenvalue weighted by Crippen LogP contribution is -2.43. The summed E-state index contributed by atoms with van der Waals surface area (Å²) in [4.78, 5) is 11.9. The van der Waals surface area contributed by atoms with Gasteiger partial charge < -0.3 is 9.47 Å². The Kier molecular flexibility index (Phi) is 3.93. The number of ether oxygens (including phenoxy) is 2. The Labute approximate surface area is 110 Å². The molecular weight excluding hydrogens is 228 g/mol. The summed E-state index contributed by atoms with van der Waals surface area (Å²) in [6.45, 7) is 9.62. The lowest BCUT2D eigenvalue weighted by atomic mass is 9.72. The lowest BCUT2D eigenvalue weighted by molar-refractivity contribution is -0.130. The molecule has 4 atom stereocenters. The van der Waals surface area contributed by atoms with Crippen LogP contribution in [-0.4, -0.2) is 30.7 Å². The molecule has 0 N–H and O–H groups in total. The van der Waals surface area contributed by atoms with Crippen molar-refractivity contribution in [3.05, 3.63) is 11.6 Å². The van der Waals surface area contributed by atoms with E-state index in [2.05, 4.69) is 26.8 Å². The zero-order valence-corrected chi connectivity index (χ0v) is 11.9. The van der Waals surface area contributed by atoms with Crippen LogP contribution in [-0.2, 0) is 14.3 Å². The Hall–Kier alpha value is -0.670. The summed E-state index contributed by atoms with van der Waals surface area (Å²) >= 11 is 0. The average Bonchev–Trinajstić information content (AvgIpc) is 3.03. The molecule has 1 heterocycles. The quantitative estimate of drug-likeness (QED) is 0.570. The highest BCUT2D eigenvalue weighted by Gasteiger charge is 2.57. The lowest BCUT2D eigenvalue weighted by Gasteiger charge is -2.35. The molecule has 3 unspecified atom stereocenters. The number of Topliss-reactive ketones (excluding diaryl/α,β-unsaturated/α-hetero) is 1. The molecule has 1 aliphatic carbocycles. The Morgan fingerprint density at radius 3 is 2.83 bits per heavy atom. The van der Waals surface area contributed by atoms with E-state index in [1.54, 1.807) is 0 Å². The van der Waals surface area contributed by atoms with E-state index < -0.39 is 0 Å². The number of ketones is 1. The largest absolute Gasteiger partial charge is 0.374 e. The molecule has 0 aromatic rings. The van der Waals surface area contributed by atoms with E-state index in [0.29, 0.717) is 18.8 Å². The first-order chi connectivity index (χ1) is 8.44. The van der Waals surface area contributed by atoms with Crippen LogP contribution >= 0.6 is 0 Å². The minimum atomic E-state index is -0.0578. The maximum Gasteiger partial charge on any atom is 0.136 e. The first-order valence-corrected chi connectivity index (χ1v) is 6.86. The SMILES string of the molecule is CC(C)=CCOC(C)C1CC(=O)[C@H](C)CC12CO2. The van der Waals surface area contributed by atoms with E-state index in [4.69, 9.17) is 9.47 Å². The molecule has 0 amide bonds. The molecule has 18 heavy (non-hydrogen) atoms. The second kappa shape index (κ2) is 5.14. The minimum absolute atomic E-state index is 0.0578. The second-order valence-corrected chi connectivity index (χ2v) is 6.06. The number of allylic oxidation sites excluding steroid dienone is 1. The first kappa shape index (κ1) is 13.8. The van der Waals surface area contributed by atoms with Crippen LogP contribution in [0, 0.1) is 11.8 Å². The van der Waals surface area contributed by atoms with Gasteiger partial charge in [-0.25, -0.2) is 0 Å². The molecule has 1 saturated carbocycles. The van der Waals surface area contributed by atoms with E-state index >= 15 is 0 Å². The van der Waals surface area contributed by atoms with Crippen molar-refractivity contribution < 1.29 is 14.3 Å². The van der Waals surface area contributed by atoms with Gasteiger partial charge in [-0.2, -0.15) is 0 Å². The van der Waals surface area contributed by atoms with Crippen LogP contribution in [0.15, 0.2) is 11.6 Å². The van der Waals surface area contributed by atoms with E-state index in [1.165, 1.54) is 5.57 Å². The number of carbonyl (C=O) groups is 1. The molecule has 2 rings (SSSR count). The maximum absolute atomic E-state index is 11.9. The highest BCUT2D eigenvalue weighted by molar-refractivity contribution is 5.82. The molecule has 1 saturated heterocycles. The third-order valence-electron chi connectivity index (χ3n) is 4.23. The van der Waals surface area contributed by atoms with Gasteiger partial charge in [-0.1, -0.05) is 18.6 Å². The molecule has 3 heteroatoms. The van der Waals surface area contributed by atoms with E-state index in [1.807, 2.05) is 6.92 Å². The fraction of sp³-hybridized carbons (Fsp3) is 0.800.